The zero-order valence-electron chi connectivity index (χ0n) is 11.3. The van der Waals surface area contributed by atoms with E-state index in [2.05, 4.69) is 21.9 Å². The predicted molar refractivity (Wildman–Crippen MR) is 77.2 cm³/mol. The van der Waals surface area contributed by atoms with E-state index < -0.39 is 6.17 Å². The molecule has 3 nitrogen and oxygen atoms in total. The number of rotatable bonds is 2. The van der Waals surface area contributed by atoms with Crippen LogP contribution in [0.3, 0.4) is 0 Å². The average molecular weight is 263 g/mol. The van der Waals surface area contributed by atoms with Gasteiger partial charge in [-0.05, 0) is 43.5 Å². The Kier molecular flexibility index (Phi) is 3.60. The van der Waals surface area contributed by atoms with E-state index in [9.17, 15) is 4.39 Å². The van der Waals surface area contributed by atoms with Gasteiger partial charge in [-0.15, -0.1) is 0 Å². The molecule has 4 heteroatoms. The smallest absolute Gasteiger partial charge is 0.114 e. The highest BCUT2D eigenvalue weighted by atomic mass is 19.1. The van der Waals surface area contributed by atoms with E-state index in [0.29, 0.717) is 12.6 Å². The van der Waals surface area contributed by atoms with Crippen molar-refractivity contribution in [2.75, 3.05) is 36.8 Å². The molecule has 2 heterocycles. The summed E-state index contributed by atoms with van der Waals surface area (Å²) in [6.45, 7) is 3.70. The van der Waals surface area contributed by atoms with Crippen LogP contribution in [0.2, 0.25) is 0 Å². The SMILES string of the molecule is Nc1ccc(N2CCC(N3CCC(F)C3)CC2)cc1. The molecule has 0 spiro atoms. The minimum absolute atomic E-state index is 0.575. The Labute approximate surface area is 114 Å². The van der Waals surface area contributed by atoms with Crippen molar-refractivity contribution in [1.29, 1.82) is 0 Å². The number of benzene rings is 1. The first-order chi connectivity index (χ1) is 9.22. The maximum atomic E-state index is 13.2. The maximum Gasteiger partial charge on any atom is 0.114 e. The van der Waals surface area contributed by atoms with Crippen molar-refractivity contribution in [1.82, 2.24) is 4.90 Å². The number of halogens is 1. The Morgan fingerprint density at radius 2 is 1.68 bits per heavy atom. The van der Waals surface area contributed by atoms with Gasteiger partial charge in [0.05, 0.1) is 0 Å². The zero-order valence-corrected chi connectivity index (χ0v) is 11.3. The topological polar surface area (TPSA) is 32.5 Å². The monoisotopic (exact) mass is 263 g/mol. The summed E-state index contributed by atoms with van der Waals surface area (Å²) >= 11 is 0. The van der Waals surface area contributed by atoms with Gasteiger partial charge in [0.2, 0.25) is 0 Å². The van der Waals surface area contributed by atoms with E-state index in [0.717, 1.165) is 44.6 Å². The van der Waals surface area contributed by atoms with Gasteiger partial charge < -0.3 is 10.6 Å². The van der Waals surface area contributed by atoms with Crippen molar-refractivity contribution in [2.45, 2.75) is 31.5 Å². The summed E-state index contributed by atoms with van der Waals surface area (Å²) in [5.41, 5.74) is 7.77. The lowest BCUT2D eigenvalue weighted by Gasteiger charge is -2.37. The molecule has 2 fully saturated rings. The summed E-state index contributed by atoms with van der Waals surface area (Å²) in [7, 11) is 0. The van der Waals surface area contributed by atoms with Crippen LogP contribution in [0.4, 0.5) is 15.8 Å². The third kappa shape index (κ3) is 2.84. The van der Waals surface area contributed by atoms with E-state index in [-0.39, 0.29) is 0 Å². The molecule has 1 atom stereocenters. The maximum absolute atomic E-state index is 13.2. The second-order valence-corrected chi connectivity index (χ2v) is 5.69. The summed E-state index contributed by atoms with van der Waals surface area (Å²) in [6.07, 6.45) is 2.39. The molecule has 0 saturated carbocycles. The van der Waals surface area contributed by atoms with Crippen LogP contribution in [0.5, 0.6) is 0 Å². The summed E-state index contributed by atoms with van der Waals surface area (Å²) < 4.78 is 13.2. The van der Waals surface area contributed by atoms with E-state index in [1.807, 2.05) is 12.1 Å². The number of nitrogens with two attached hydrogens (primary N) is 1. The molecule has 2 N–H and O–H groups in total. The Hall–Kier alpha value is -1.29. The largest absolute Gasteiger partial charge is 0.399 e. The number of alkyl halides is 1. The minimum Gasteiger partial charge on any atom is -0.399 e. The van der Waals surface area contributed by atoms with Gasteiger partial charge in [-0.1, -0.05) is 0 Å². The van der Waals surface area contributed by atoms with Gasteiger partial charge in [0.15, 0.2) is 0 Å². The molecule has 0 amide bonds. The van der Waals surface area contributed by atoms with Crippen LogP contribution in [-0.2, 0) is 0 Å². The molecule has 19 heavy (non-hydrogen) atoms. The highest BCUT2D eigenvalue weighted by Gasteiger charge is 2.30. The van der Waals surface area contributed by atoms with E-state index in [4.69, 9.17) is 5.73 Å². The highest BCUT2D eigenvalue weighted by molar-refractivity contribution is 5.53. The summed E-state index contributed by atoms with van der Waals surface area (Å²) in [5, 5.41) is 0. The number of nitrogen functional groups attached to an aromatic ring is 1. The Morgan fingerprint density at radius 3 is 2.26 bits per heavy atom. The molecule has 1 aromatic rings. The van der Waals surface area contributed by atoms with Crippen LogP contribution in [0.15, 0.2) is 24.3 Å². The number of hydrogen-bond donors (Lipinski definition) is 1. The second-order valence-electron chi connectivity index (χ2n) is 5.69. The molecule has 0 aliphatic carbocycles. The molecule has 0 radical (unpaired) electrons. The summed E-state index contributed by atoms with van der Waals surface area (Å²) in [5.74, 6) is 0. The lowest BCUT2D eigenvalue weighted by atomic mass is 10.0. The molecule has 0 aromatic heterocycles. The fourth-order valence-electron chi connectivity index (χ4n) is 3.25. The van der Waals surface area contributed by atoms with Crippen molar-refractivity contribution in [3.8, 4) is 0 Å². The van der Waals surface area contributed by atoms with Crippen LogP contribution >= 0.6 is 0 Å². The summed E-state index contributed by atoms with van der Waals surface area (Å²) in [4.78, 5) is 4.74. The van der Waals surface area contributed by atoms with Crippen LogP contribution < -0.4 is 10.6 Å². The lowest BCUT2D eigenvalue weighted by Crippen LogP contribution is -2.44. The van der Waals surface area contributed by atoms with Gasteiger partial charge in [-0.25, -0.2) is 4.39 Å². The number of anilines is 2. The van der Waals surface area contributed by atoms with E-state index >= 15 is 0 Å². The number of piperidine rings is 1. The molecule has 3 rings (SSSR count). The van der Waals surface area contributed by atoms with Gasteiger partial charge in [0, 0.05) is 43.6 Å². The highest BCUT2D eigenvalue weighted by Crippen LogP contribution is 2.26. The third-order valence-electron chi connectivity index (χ3n) is 4.40. The van der Waals surface area contributed by atoms with Crippen LogP contribution in [0.25, 0.3) is 0 Å². The molecular weight excluding hydrogens is 241 g/mol. The third-order valence-corrected chi connectivity index (χ3v) is 4.40. The molecule has 2 aliphatic rings. The molecule has 0 bridgehead atoms. The Bertz CT molecular complexity index is 412. The van der Waals surface area contributed by atoms with E-state index in [1.165, 1.54) is 5.69 Å². The van der Waals surface area contributed by atoms with Gasteiger partial charge in [0.25, 0.3) is 0 Å². The Balaban J connectivity index is 1.56. The quantitative estimate of drug-likeness (QED) is 0.831. The van der Waals surface area contributed by atoms with Gasteiger partial charge >= 0.3 is 0 Å². The number of hydrogen-bond acceptors (Lipinski definition) is 3. The van der Waals surface area contributed by atoms with Gasteiger partial charge in [-0.3, -0.25) is 4.90 Å². The molecular formula is C15H22FN3. The fourth-order valence-corrected chi connectivity index (χ4v) is 3.25. The van der Waals surface area contributed by atoms with E-state index in [1.54, 1.807) is 0 Å². The van der Waals surface area contributed by atoms with Crippen molar-refractivity contribution in [3.63, 3.8) is 0 Å². The standard InChI is InChI=1S/C15H22FN3/c16-12-5-8-19(11-12)15-6-9-18(10-7-15)14-3-1-13(17)2-4-14/h1-4,12,15H,5-11,17H2. The van der Waals surface area contributed by atoms with Crippen LogP contribution in [0.1, 0.15) is 19.3 Å². The predicted octanol–water partition coefficient (Wildman–Crippen LogP) is 2.28. The number of nitrogens with zero attached hydrogens (tertiary/aromatic N) is 2. The molecule has 2 aliphatic heterocycles. The van der Waals surface area contributed by atoms with Gasteiger partial charge in [0.1, 0.15) is 6.17 Å². The number of likely N-dealkylation sites (tertiary alicyclic amines) is 1. The first-order valence-corrected chi connectivity index (χ1v) is 7.21. The molecule has 2 saturated heterocycles. The molecule has 104 valence electrons. The second kappa shape index (κ2) is 5.37. The summed E-state index contributed by atoms with van der Waals surface area (Å²) in [6, 6.07) is 8.66. The first kappa shape index (κ1) is 12.7. The fraction of sp³-hybridized carbons (Fsp3) is 0.600. The van der Waals surface area contributed by atoms with Crippen molar-refractivity contribution >= 4 is 11.4 Å². The first-order valence-electron chi connectivity index (χ1n) is 7.21. The zero-order chi connectivity index (χ0) is 13.2. The van der Waals surface area contributed by atoms with Crippen LogP contribution in [0, 0.1) is 0 Å². The van der Waals surface area contributed by atoms with Crippen molar-refractivity contribution < 1.29 is 4.39 Å². The van der Waals surface area contributed by atoms with Crippen molar-refractivity contribution in [2.24, 2.45) is 0 Å². The molecule has 1 aromatic carbocycles. The van der Waals surface area contributed by atoms with Crippen LogP contribution in [-0.4, -0.2) is 43.3 Å². The van der Waals surface area contributed by atoms with Crippen molar-refractivity contribution in [3.05, 3.63) is 24.3 Å². The Morgan fingerprint density at radius 1 is 1.00 bits per heavy atom. The lowest BCUT2D eigenvalue weighted by molar-refractivity contribution is 0.192. The normalized spacial score (nSPS) is 25.9. The minimum atomic E-state index is -0.602. The average Bonchev–Trinajstić information content (AvgIpc) is 2.87. The van der Waals surface area contributed by atoms with Gasteiger partial charge in [-0.2, -0.15) is 0 Å². The molecule has 1 unspecified atom stereocenters.